The zero-order chi connectivity index (χ0) is 6.62. The fourth-order valence-electron chi connectivity index (χ4n) is 0.169. The Hall–Kier alpha value is -0.130. The third-order valence-electron chi connectivity index (χ3n) is 0.488. The molecule has 0 heterocycles. The molecule has 0 saturated carbocycles. The van der Waals surface area contributed by atoms with Crippen molar-refractivity contribution >= 4 is 10.3 Å². The minimum atomic E-state index is -3.48. The second-order valence-electron chi connectivity index (χ2n) is 0.980. The molecule has 0 atom stereocenters. The molecule has 0 aromatic carbocycles. The van der Waals surface area contributed by atoms with Crippen molar-refractivity contribution in [2.45, 2.75) is 0 Å². The van der Waals surface area contributed by atoms with Crippen molar-refractivity contribution < 1.29 is 12.6 Å². The molecule has 0 aliphatic rings. The number of nitrogens with one attached hydrogen (secondary N) is 1. The van der Waals surface area contributed by atoms with Gasteiger partial charge in [0.05, 0.1) is 6.61 Å². The summed E-state index contributed by atoms with van der Waals surface area (Å²) in [5, 5.41) is 0. The topological polar surface area (TPSA) is 55.4 Å². The van der Waals surface area contributed by atoms with Crippen LogP contribution in [0.1, 0.15) is 0 Å². The molecule has 5 heteroatoms. The highest BCUT2D eigenvalue weighted by molar-refractivity contribution is 7.84. The van der Waals surface area contributed by atoms with Crippen LogP contribution < -0.4 is 4.72 Å². The van der Waals surface area contributed by atoms with Crippen LogP contribution in [0, 0.1) is 6.92 Å². The molecule has 8 heavy (non-hydrogen) atoms. The highest BCUT2D eigenvalue weighted by atomic mass is 32.2. The van der Waals surface area contributed by atoms with E-state index in [0.717, 1.165) is 0 Å². The normalized spacial score (nSPS) is 11.8. The van der Waals surface area contributed by atoms with Gasteiger partial charge in [-0.3, -0.25) is 4.18 Å². The quantitative estimate of drug-likeness (QED) is 0.561. The number of hydrogen-bond donors (Lipinski definition) is 1. The Labute approximate surface area is 49.1 Å². The molecule has 0 rings (SSSR count). The summed E-state index contributed by atoms with van der Waals surface area (Å²) >= 11 is 0. The standard InChI is InChI=1S/C3H8NO3S/c1-3-7-8(5,6)4-2/h4H,1,3H2,2H3. The third-order valence-corrected chi connectivity index (χ3v) is 1.47. The Bertz CT molecular complexity index is 139. The van der Waals surface area contributed by atoms with Gasteiger partial charge in [-0.1, -0.05) is 0 Å². The van der Waals surface area contributed by atoms with Crippen LogP contribution >= 0.6 is 0 Å². The van der Waals surface area contributed by atoms with Crippen molar-refractivity contribution in [2.75, 3.05) is 13.7 Å². The maximum Gasteiger partial charge on any atom is 0.335 e. The second-order valence-corrected chi connectivity index (χ2v) is 2.53. The molecule has 4 nitrogen and oxygen atoms in total. The van der Waals surface area contributed by atoms with Crippen molar-refractivity contribution in [3.63, 3.8) is 0 Å². The molecule has 0 aliphatic carbocycles. The Morgan fingerprint density at radius 3 is 2.38 bits per heavy atom. The maximum atomic E-state index is 10.2. The zero-order valence-electron chi connectivity index (χ0n) is 4.55. The van der Waals surface area contributed by atoms with Gasteiger partial charge in [-0.05, 0) is 6.92 Å². The van der Waals surface area contributed by atoms with Crippen LogP contribution in [-0.2, 0) is 14.5 Å². The fourth-order valence-corrected chi connectivity index (χ4v) is 0.506. The summed E-state index contributed by atoms with van der Waals surface area (Å²) in [6.45, 7) is 3.10. The highest BCUT2D eigenvalue weighted by Crippen LogP contribution is 1.81. The zero-order valence-corrected chi connectivity index (χ0v) is 5.36. The summed E-state index contributed by atoms with van der Waals surface area (Å²) in [6, 6.07) is 0. The first-order valence-corrected chi connectivity index (χ1v) is 3.40. The average molecular weight is 138 g/mol. The van der Waals surface area contributed by atoms with Gasteiger partial charge < -0.3 is 0 Å². The summed E-state index contributed by atoms with van der Waals surface area (Å²) < 4.78 is 26.5. The number of hydrogen-bond acceptors (Lipinski definition) is 3. The van der Waals surface area contributed by atoms with E-state index in [1.54, 1.807) is 0 Å². The first-order chi connectivity index (χ1) is 3.62. The third kappa shape index (κ3) is 2.95. The minimum Gasteiger partial charge on any atom is -0.258 e. The molecule has 0 spiro atoms. The van der Waals surface area contributed by atoms with Crippen molar-refractivity contribution in [2.24, 2.45) is 0 Å². The van der Waals surface area contributed by atoms with E-state index in [2.05, 4.69) is 11.1 Å². The molecule has 1 radical (unpaired) electrons. The van der Waals surface area contributed by atoms with Gasteiger partial charge >= 0.3 is 10.3 Å². The molecule has 0 amide bonds. The lowest BCUT2D eigenvalue weighted by molar-refractivity contribution is 0.349. The van der Waals surface area contributed by atoms with Gasteiger partial charge in [0, 0.05) is 7.05 Å². The fraction of sp³-hybridized carbons (Fsp3) is 0.667. The average Bonchev–Trinajstić information content (AvgIpc) is 1.67. The van der Waals surface area contributed by atoms with Gasteiger partial charge in [-0.2, -0.15) is 13.1 Å². The van der Waals surface area contributed by atoms with Gasteiger partial charge in [0.15, 0.2) is 0 Å². The predicted octanol–water partition coefficient (Wildman–Crippen LogP) is -0.699. The Balaban J connectivity index is 3.76. The van der Waals surface area contributed by atoms with E-state index >= 15 is 0 Å². The summed E-state index contributed by atoms with van der Waals surface area (Å²) in [7, 11) is -2.21. The lowest BCUT2D eigenvalue weighted by Gasteiger charge is -1.97. The molecular formula is C3H8NO3S. The van der Waals surface area contributed by atoms with Crippen LogP contribution in [0.3, 0.4) is 0 Å². The lowest BCUT2D eigenvalue weighted by Crippen LogP contribution is -2.21. The van der Waals surface area contributed by atoms with E-state index < -0.39 is 10.3 Å². The molecular weight excluding hydrogens is 130 g/mol. The Morgan fingerprint density at radius 2 is 2.25 bits per heavy atom. The molecule has 0 aromatic rings. The van der Waals surface area contributed by atoms with Crippen molar-refractivity contribution in [1.29, 1.82) is 0 Å². The Morgan fingerprint density at radius 1 is 1.75 bits per heavy atom. The SMILES string of the molecule is [CH2]COS(=O)(=O)NC. The maximum absolute atomic E-state index is 10.2. The van der Waals surface area contributed by atoms with Crippen molar-refractivity contribution in [3.8, 4) is 0 Å². The van der Waals surface area contributed by atoms with Crippen LogP contribution in [0.25, 0.3) is 0 Å². The molecule has 0 saturated heterocycles. The van der Waals surface area contributed by atoms with Crippen LogP contribution in [0.15, 0.2) is 0 Å². The summed E-state index contributed by atoms with van der Waals surface area (Å²) in [4.78, 5) is 0. The van der Waals surface area contributed by atoms with E-state index in [9.17, 15) is 8.42 Å². The molecule has 49 valence electrons. The second kappa shape index (κ2) is 3.01. The van der Waals surface area contributed by atoms with E-state index in [4.69, 9.17) is 0 Å². The molecule has 1 N–H and O–H groups in total. The van der Waals surface area contributed by atoms with Crippen LogP contribution in [0.4, 0.5) is 0 Å². The molecule has 0 fully saturated rings. The lowest BCUT2D eigenvalue weighted by atomic mass is 10.9. The monoisotopic (exact) mass is 138 g/mol. The van der Waals surface area contributed by atoms with Gasteiger partial charge in [-0.15, -0.1) is 0 Å². The summed E-state index contributed by atoms with van der Waals surface area (Å²) in [5.41, 5.74) is 0. The van der Waals surface area contributed by atoms with E-state index in [1.807, 2.05) is 4.72 Å². The van der Waals surface area contributed by atoms with Crippen molar-refractivity contribution in [1.82, 2.24) is 4.72 Å². The van der Waals surface area contributed by atoms with Gasteiger partial charge in [0.25, 0.3) is 0 Å². The van der Waals surface area contributed by atoms with E-state index in [0.29, 0.717) is 0 Å². The molecule has 0 bridgehead atoms. The minimum absolute atomic E-state index is 0.0802. The van der Waals surface area contributed by atoms with Crippen LogP contribution in [0.2, 0.25) is 0 Å². The van der Waals surface area contributed by atoms with Gasteiger partial charge in [-0.25, -0.2) is 0 Å². The van der Waals surface area contributed by atoms with Crippen LogP contribution in [0.5, 0.6) is 0 Å². The first kappa shape index (κ1) is 7.87. The Kier molecular flexibility index (Phi) is 2.96. The molecule has 0 aliphatic heterocycles. The first-order valence-electron chi connectivity index (χ1n) is 1.99. The van der Waals surface area contributed by atoms with Gasteiger partial charge in [0.2, 0.25) is 0 Å². The summed E-state index contributed by atoms with van der Waals surface area (Å²) in [6.07, 6.45) is 0. The van der Waals surface area contributed by atoms with E-state index in [1.165, 1.54) is 7.05 Å². The molecule has 0 unspecified atom stereocenters. The largest absolute Gasteiger partial charge is 0.335 e. The predicted molar refractivity (Wildman–Crippen MR) is 29.3 cm³/mol. The summed E-state index contributed by atoms with van der Waals surface area (Å²) in [5.74, 6) is 0. The van der Waals surface area contributed by atoms with Crippen molar-refractivity contribution in [3.05, 3.63) is 6.92 Å². The molecule has 0 aromatic heterocycles. The smallest absolute Gasteiger partial charge is 0.258 e. The van der Waals surface area contributed by atoms with Gasteiger partial charge in [0.1, 0.15) is 0 Å². The number of rotatable bonds is 3. The highest BCUT2D eigenvalue weighted by Gasteiger charge is 2.01. The van der Waals surface area contributed by atoms with E-state index in [-0.39, 0.29) is 6.61 Å². The van der Waals surface area contributed by atoms with Crippen LogP contribution in [-0.4, -0.2) is 22.1 Å².